The van der Waals surface area contributed by atoms with Crippen molar-refractivity contribution in [3.63, 3.8) is 0 Å². The highest BCUT2D eigenvalue weighted by molar-refractivity contribution is 5.84. The van der Waals surface area contributed by atoms with Gasteiger partial charge in [0.05, 0.1) is 11.3 Å². The molecule has 0 saturated carbocycles. The first-order chi connectivity index (χ1) is 10.8. The maximum absolute atomic E-state index is 6.05. The highest BCUT2D eigenvalue weighted by Crippen LogP contribution is 2.28. The number of aromatic nitrogens is 5. The molecule has 106 valence electrons. The molecule has 0 aliphatic heterocycles. The summed E-state index contributed by atoms with van der Waals surface area (Å²) in [4.78, 5) is 12.9. The Morgan fingerprint density at radius 3 is 2.55 bits per heavy atom. The average Bonchev–Trinajstić information content (AvgIpc) is 2.91. The standard InChI is InChI=1S/C16H12N6/c17-15-14(13-3-1-2-6-19-13)16-20-9-12(10-22(16)21-15)11-4-7-18-8-5-11/h1-10H,(H2,17,21). The molecule has 0 spiro atoms. The van der Waals surface area contributed by atoms with Crippen LogP contribution in [0.25, 0.3) is 28.0 Å². The molecule has 0 radical (unpaired) electrons. The second kappa shape index (κ2) is 4.92. The van der Waals surface area contributed by atoms with Crippen molar-refractivity contribution in [3.05, 3.63) is 61.3 Å². The van der Waals surface area contributed by atoms with E-state index >= 15 is 0 Å². The molecule has 0 fully saturated rings. The molecular formula is C16H12N6. The van der Waals surface area contributed by atoms with Gasteiger partial charge in [0.2, 0.25) is 0 Å². The maximum Gasteiger partial charge on any atom is 0.166 e. The van der Waals surface area contributed by atoms with Crippen molar-refractivity contribution in [3.8, 4) is 22.4 Å². The van der Waals surface area contributed by atoms with E-state index in [2.05, 4.69) is 20.1 Å². The van der Waals surface area contributed by atoms with Crippen LogP contribution >= 0.6 is 0 Å². The lowest BCUT2D eigenvalue weighted by Crippen LogP contribution is -1.92. The van der Waals surface area contributed by atoms with Crippen molar-refractivity contribution in [1.82, 2.24) is 24.6 Å². The van der Waals surface area contributed by atoms with Crippen LogP contribution in [-0.2, 0) is 0 Å². The summed E-state index contributed by atoms with van der Waals surface area (Å²) in [6.07, 6.45) is 8.93. The summed E-state index contributed by atoms with van der Waals surface area (Å²) in [5.41, 5.74) is 10.2. The van der Waals surface area contributed by atoms with Crippen molar-refractivity contribution in [1.29, 1.82) is 0 Å². The summed E-state index contributed by atoms with van der Waals surface area (Å²) >= 11 is 0. The van der Waals surface area contributed by atoms with E-state index in [1.165, 1.54) is 0 Å². The molecule has 4 aromatic rings. The molecule has 0 unspecified atom stereocenters. The van der Waals surface area contributed by atoms with Crippen LogP contribution in [0.5, 0.6) is 0 Å². The zero-order chi connectivity index (χ0) is 14.9. The number of fused-ring (bicyclic) bond motifs is 1. The first-order valence-corrected chi connectivity index (χ1v) is 6.78. The number of pyridine rings is 2. The van der Waals surface area contributed by atoms with Crippen molar-refractivity contribution in [2.24, 2.45) is 0 Å². The second-order valence-corrected chi connectivity index (χ2v) is 4.82. The van der Waals surface area contributed by atoms with Gasteiger partial charge < -0.3 is 5.73 Å². The van der Waals surface area contributed by atoms with E-state index in [0.717, 1.165) is 22.4 Å². The SMILES string of the molecule is Nc1nn2cc(-c3ccncc3)cnc2c1-c1ccccn1. The quantitative estimate of drug-likeness (QED) is 0.612. The van der Waals surface area contributed by atoms with Crippen LogP contribution in [-0.4, -0.2) is 24.6 Å². The Morgan fingerprint density at radius 2 is 1.77 bits per heavy atom. The lowest BCUT2D eigenvalue weighted by molar-refractivity contribution is 0.947. The van der Waals surface area contributed by atoms with E-state index in [0.29, 0.717) is 11.5 Å². The molecule has 0 aromatic carbocycles. The van der Waals surface area contributed by atoms with E-state index in [-0.39, 0.29) is 0 Å². The van der Waals surface area contributed by atoms with Crippen LogP contribution in [0.2, 0.25) is 0 Å². The molecule has 0 bridgehead atoms. The Balaban J connectivity index is 1.90. The van der Waals surface area contributed by atoms with Crippen molar-refractivity contribution in [2.75, 3.05) is 5.73 Å². The predicted molar refractivity (Wildman–Crippen MR) is 83.9 cm³/mol. The minimum Gasteiger partial charge on any atom is -0.382 e. The van der Waals surface area contributed by atoms with Crippen LogP contribution in [0, 0.1) is 0 Å². The monoisotopic (exact) mass is 288 g/mol. The lowest BCUT2D eigenvalue weighted by atomic mass is 10.1. The minimum atomic E-state index is 0.415. The molecule has 4 aromatic heterocycles. The summed E-state index contributed by atoms with van der Waals surface area (Å²) in [5.74, 6) is 0.415. The molecule has 4 rings (SSSR count). The highest BCUT2D eigenvalue weighted by Gasteiger charge is 2.15. The molecule has 0 saturated heterocycles. The maximum atomic E-state index is 6.05. The van der Waals surface area contributed by atoms with Crippen molar-refractivity contribution >= 4 is 11.5 Å². The summed E-state index contributed by atoms with van der Waals surface area (Å²) in [5, 5.41) is 4.35. The number of nitrogen functional groups attached to an aromatic ring is 1. The zero-order valence-electron chi connectivity index (χ0n) is 11.6. The number of hydrogen-bond acceptors (Lipinski definition) is 5. The Hall–Kier alpha value is -3.28. The first kappa shape index (κ1) is 12.5. The van der Waals surface area contributed by atoms with Gasteiger partial charge in [-0.25, -0.2) is 9.50 Å². The van der Waals surface area contributed by atoms with E-state index in [1.54, 1.807) is 29.3 Å². The number of nitrogens with zero attached hydrogens (tertiary/aromatic N) is 5. The van der Waals surface area contributed by atoms with Gasteiger partial charge >= 0.3 is 0 Å². The molecule has 6 nitrogen and oxygen atoms in total. The largest absolute Gasteiger partial charge is 0.382 e. The van der Waals surface area contributed by atoms with Crippen molar-refractivity contribution in [2.45, 2.75) is 0 Å². The van der Waals surface area contributed by atoms with Crippen LogP contribution in [0.4, 0.5) is 5.82 Å². The topological polar surface area (TPSA) is 82.0 Å². The number of nitrogens with two attached hydrogens (primary N) is 1. The fourth-order valence-electron chi connectivity index (χ4n) is 2.40. The van der Waals surface area contributed by atoms with E-state index in [1.807, 2.05) is 36.5 Å². The second-order valence-electron chi connectivity index (χ2n) is 4.82. The fraction of sp³-hybridized carbons (Fsp3) is 0. The third kappa shape index (κ3) is 1.98. The van der Waals surface area contributed by atoms with Gasteiger partial charge in [-0.1, -0.05) is 6.07 Å². The Kier molecular flexibility index (Phi) is 2.79. The Labute approximate surface area is 126 Å². The van der Waals surface area contributed by atoms with Crippen LogP contribution in [0.1, 0.15) is 0 Å². The summed E-state index contributed by atoms with van der Waals surface area (Å²) < 4.78 is 1.69. The summed E-state index contributed by atoms with van der Waals surface area (Å²) in [7, 11) is 0. The highest BCUT2D eigenvalue weighted by atomic mass is 15.3. The van der Waals surface area contributed by atoms with Gasteiger partial charge in [0.25, 0.3) is 0 Å². The predicted octanol–water partition coefficient (Wildman–Crippen LogP) is 2.44. The van der Waals surface area contributed by atoms with Gasteiger partial charge in [-0.2, -0.15) is 0 Å². The van der Waals surface area contributed by atoms with Gasteiger partial charge in [-0.05, 0) is 29.8 Å². The lowest BCUT2D eigenvalue weighted by Gasteiger charge is -2.02. The van der Waals surface area contributed by atoms with Gasteiger partial charge in [0.1, 0.15) is 0 Å². The van der Waals surface area contributed by atoms with E-state index in [9.17, 15) is 0 Å². The molecular weight excluding hydrogens is 276 g/mol. The van der Waals surface area contributed by atoms with Gasteiger partial charge in [-0.3, -0.25) is 9.97 Å². The molecule has 2 N–H and O–H groups in total. The fourth-order valence-corrected chi connectivity index (χ4v) is 2.40. The van der Waals surface area contributed by atoms with Crippen LogP contribution in [0.3, 0.4) is 0 Å². The average molecular weight is 288 g/mol. The van der Waals surface area contributed by atoms with Gasteiger partial charge in [-0.15, -0.1) is 5.10 Å². The van der Waals surface area contributed by atoms with Crippen LogP contribution < -0.4 is 5.73 Å². The van der Waals surface area contributed by atoms with Gasteiger partial charge in [0, 0.05) is 36.5 Å². The van der Waals surface area contributed by atoms with E-state index in [4.69, 9.17) is 5.73 Å². The third-order valence-corrected chi connectivity index (χ3v) is 3.43. The third-order valence-electron chi connectivity index (χ3n) is 3.43. The Morgan fingerprint density at radius 1 is 0.909 bits per heavy atom. The first-order valence-electron chi connectivity index (χ1n) is 6.78. The molecule has 22 heavy (non-hydrogen) atoms. The minimum absolute atomic E-state index is 0.415. The van der Waals surface area contributed by atoms with E-state index < -0.39 is 0 Å². The molecule has 6 heteroatoms. The molecule has 0 atom stereocenters. The number of rotatable bonds is 2. The number of hydrogen-bond donors (Lipinski definition) is 1. The van der Waals surface area contributed by atoms with Crippen molar-refractivity contribution < 1.29 is 0 Å². The van der Waals surface area contributed by atoms with Crippen LogP contribution in [0.15, 0.2) is 61.3 Å². The molecule has 0 aliphatic rings. The normalized spacial score (nSPS) is 10.9. The van der Waals surface area contributed by atoms with Gasteiger partial charge in [0.15, 0.2) is 11.5 Å². The molecule has 0 amide bonds. The number of anilines is 1. The summed E-state index contributed by atoms with van der Waals surface area (Å²) in [6.45, 7) is 0. The summed E-state index contributed by atoms with van der Waals surface area (Å²) in [6, 6.07) is 9.52. The Bertz CT molecular complexity index is 931. The molecule has 4 heterocycles. The zero-order valence-corrected chi connectivity index (χ0v) is 11.6. The smallest absolute Gasteiger partial charge is 0.166 e. The molecule has 0 aliphatic carbocycles.